The third-order valence-corrected chi connectivity index (χ3v) is 3.35. The number of hydrogen-bond donors (Lipinski definition) is 2. The molecule has 0 aromatic rings. The average molecular weight is 244 g/mol. The summed E-state index contributed by atoms with van der Waals surface area (Å²) in [5.74, 6) is 0. The molecular formula is C13H28N2O2. The third-order valence-electron chi connectivity index (χ3n) is 3.35. The molecule has 4 nitrogen and oxygen atoms in total. The van der Waals surface area contributed by atoms with Gasteiger partial charge in [0.1, 0.15) is 0 Å². The van der Waals surface area contributed by atoms with Crippen molar-refractivity contribution in [3.63, 3.8) is 0 Å². The lowest BCUT2D eigenvalue weighted by molar-refractivity contribution is -0.0526. The summed E-state index contributed by atoms with van der Waals surface area (Å²) in [6.45, 7) is 10.6. The van der Waals surface area contributed by atoms with Gasteiger partial charge in [-0.15, -0.1) is 0 Å². The van der Waals surface area contributed by atoms with E-state index in [4.69, 9.17) is 9.84 Å². The fraction of sp³-hybridized carbons (Fsp3) is 1.00. The maximum absolute atomic E-state index is 9.10. The summed E-state index contributed by atoms with van der Waals surface area (Å²) in [7, 11) is 0. The second kappa shape index (κ2) is 8.03. The smallest absolute Gasteiger partial charge is 0.0674 e. The fourth-order valence-corrected chi connectivity index (χ4v) is 2.27. The summed E-state index contributed by atoms with van der Waals surface area (Å²) in [6, 6.07) is 0.878. The van der Waals surface area contributed by atoms with E-state index in [0.29, 0.717) is 18.2 Å². The van der Waals surface area contributed by atoms with Crippen LogP contribution in [-0.2, 0) is 4.74 Å². The van der Waals surface area contributed by atoms with Gasteiger partial charge in [0.05, 0.1) is 12.7 Å². The molecule has 102 valence electrons. The van der Waals surface area contributed by atoms with Crippen LogP contribution in [0.4, 0.5) is 0 Å². The van der Waals surface area contributed by atoms with E-state index in [1.165, 1.54) is 0 Å². The number of nitrogens with one attached hydrogen (secondary N) is 1. The fourth-order valence-electron chi connectivity index (χ4n) is 2.27. The van der Waals surface area contributed by atoms with Gasteiger partial charge in [0, 0.05) is 31.8 Å². The van der Waals surface area contributed by atoms with Crippen molar-refractivity contribution in [2.45, 2.75) is 51.8 Å². The van der Waals surface area contributed by atoms with Crippen LogP contribution in [0.15, 0.2) is 0 Å². The van der Waals surface area contributed by atoms with E-state index < -0.39 is 0 Å². The lowest BCUT2D eigenvalue weighted by Gasteiger charge is -2.38. The summed E-state index contributed by atoms with van der Waals surface area (Å²) in [5.41, 5.74) is 0. The third kappa shape index (κ3) is 5.34. The molecule has 1 rings (SSSR count). The molecule has 0 bridgehead atoms. The Balaban J connectivity index is 2.40. The maximum atomic E-state index is 9.10. The van der Waals surface area contributed by atoms with Gasteiger partial charge in [-0.1, -0.05) is 6.92 Å². The second-order valence-corrected chi connectivity index (χ2v) is 5.11. The van der Waals surface area contributed by atoms with Crippen LogP contribution in [0.1, 0.15) is 33.6 Å². The van der Waals surface area contributed by atoms with Crippen molar-refractivity contribution in [3.05, 3.63) is 0 Å². The molecule has 0 aromatic heterocycles. The highest BCUT2D eigenvalue weighted by Gasteiger charge is 2.25. The lowest BCUT2D eigenvalue weighted by Crippen LogP contribution is -2.52. The molecule has 0 saturated carbocycles. The molecule has 0 aliphatic carbocycles. The van der Waals surface area contributed by atoms with Gasteiger partial charge in [-0.25, -0.2) is 0 Å². The Morgan fingerprint density at radius 3 is 2.88 bits per heavy atom. The Morgan fingerprint density at radius 2 is 2.24 bits per heavy atom. The van der Waals surface area contributed by atoms with Crippen molar-refractivity contribution in [2.24, 2.45) is 0 Å². The maximum Gasteiger partial charge on any atom is 0.0674 e. The van der Waals surface area contributed by atoms with Crippen LogP contribution >= 0.6 is 0 Å². The molecule has 0 radical (unpaired) electrons. The van der Waals surface area contributed by atoms with Crippen LogP contribution in [0.25, 0.3) is 0 Å². The van der Waals surface area contributed by atoms with Crippen molar-refractivity contribution in [2.75, 3.05) is 32.8 Å². The first-order valence-corrected chi connectivity index (χ1v) is 6.87. The van der Waals surface area contributed by atoms with Crippen LogP contribution in [0.2, 0.25) is 0 Å². The first kappa shape index (κ1) is 14.9. The predicted molar refractivity (Wildman–Crippen MR) is 70.2 cm³/mol. The van der Waals surface area contributed by atoms with E-state index in [2.05, 4.69) is 31.0 Å². The minimum Gasteiger partial charge on any atom is -0.396 e. The molecule has 0 aromatic carbocycles. The second-order valence-electron chi connectivity index (χ2n) is 5.11. The van der Waals surface area contributed by atoms with Crippen molar-refractivity contribution < 1.29 is 9.84 Å². The molecular weight excluding hydrogens is 216 g/mol. The van der Waals surface area contributed by atoms with Gasteiger partial charge in [-0.05, 0) is 33.2 Å². The van der Waals surface area contributed by atoms with Crippen LogP contribution in [0.3, 0.4) is 0 Å². The van der Waals surface area contributed by atoms with Crippen molar-refractivity contribution >= 4 is 0 Å². The molecule has 4 heteroatoms. The van der Waals surface area contributed by atoms with E-state index >= 15 is 0 Å². The molecule has 3 unspecified atom stereocenters. The van der Waals surface area contributed by atoms with Gasteiger partial charge in [0.25, 0.3) is 0 Å². The molecule has 1 heterocycles. The standard InChI is InChI=1S/C13H28N2O2/c1-4-6-14-13(5-7-16)9-15-8-12(3)17-10-11(15)2/h11-14,16H,4-10H2,1-3H3. The van der Waals surface area contributed by atoms with E-state index in [0.717, 1.165) is 39.1 Å². The topological polar surface area (TPSA) is 44.7 Å². The largest absolute Gasteiger partial charge is 0.396 e. The Hall–Kier alpha value is -0.160. The van der Waals surface area contributed by atoms with Crippen molar-refractivity contribution in [1.29, 1.82) is 0 Å². The van der Waals surface area contributed by atoms with Crippen LogP contribution < -0.4 is 5.32 Å². The number of ether oxygens (including phenoxy) is 1. The van der Waals surface area contributed by atoms with Gasteiger partial charge in [-0.2, -0.15) is 0 Å². The lowest BCUT2D eigenvalue weighted by atomic mass is 10.1. The highest BCUT2D eigenvalue weighted by molar-refractivity contribution is 4.80. The number of morpholine rings is 1. The minimum absolute atomic E-state index is 0.260. The average Bonchev–Trinajstić information content (AvgIpc) is 2.31. The number of hydrogen-bond acceptors (Lipinski definition) is 4. The normalized spacial score (nSPS) is 28.2. The number of aliphatic hydroxyl groups is 1. The first-order valence-electron chi connectivity index (χ1n) is 6.87. The molecule has 1 fully saturated rings. The van der Waals surface area contributed by atoms with E-state index in [9.17, 15) is 0 Å². The Kier molecular flexibility index (Phi) is 7.04. The molecule has 1 saturated heterocycles. The zero-order chi connectivity index (χ0) is 12.7. The summed E-state index contributed by atoms with van der Waals surface area (Å²) in [5, 5.41) is 12.6. The first-order chi connectivity index (χ1) is 8.17. The SMILES string of the molecule is CCCNC(CCO)CN1CC(C)OCC1C. The van der Waals surface area contributed by atoms with Gasteiger partial charge < -0.3 is 15.2 Å². The summed E-state index contributed by atoms with van der Waals surface area (Å²) in [4.78, 5) is 2.47. The van der Waals surface area contributed by atoms with E-state index in [1.807, 2.05) is 0 Å². The molecule has 17 heavy (non-hydrogen) atoms. The quantitative estimate of drug-likeness (QED) is 0.697. The summed E-state index contributed by atoms with van der Waals surface area (Å²) >= 11 is 0. The molecule has 1 aliphatic rings. The monoisotopic (exact) mass is 244 g/mol. The zero-order valence-corrected chi connectivity index (χ0v) is 11.5. The Morgan fingerprint density at radius 1 is 1.47 bits per heavy atom. The van der Waals surface area contributed by atoms with Gasteiger partial charge in [0.2, 0.25) is 0 Å². The van der Waals surface area contributed by atoms with Crippen molar-refractivity contribution in [3.8, 4) is 0 Å². The number of nitrogens with zero attached hydrogens (tertiary/aromatic N) is 1. The van der Waals surface area contributed by atoms with E-state index in [1.54, 1.807) is 0 Å². The van der Waals surface area contributed by atoms with Gasteiger partial charge in [-0.3, -0.25) is 4.90 Å². The van der Waals surface area contributed by atoms with Crippen molar-refractivity contribution in [1.82, 2.24) is 10.2 Å². The van der Waals surface area contributed by atoms with Crippen LogP contribution in [-0.4, -0.2) is 61.0 Å². The predicted octanol–water partition coefficient (Wildman–Crippen LogP) is 0.846. The number of rotatable bonds is 7. The summed E-state index contributed by atoms with van der Waals surface area (Å²) in [6.07, 6.45) is 2.29. The molecule has 3 atom stereocenters. The molecule has 1 aliphatic heterocycles. The molecule has 2 N–H and O–H groups in total. The molecule has 0 amide bonds. The van der Waals surface area contributed by atoms with E-state index in [-0.39, 0.29) is 6.61 Å². The van der Waals surface area contributed by atoms with Crippen LogP contribution in [0.5, 0.6) is 0 Å². The number of aliphatic hydroxyl groups excluding tert-OH is 1. The Labute approximate surface area is 105 Å². The zero-order valence-electron chi connectivity index (χ0n) is 11.5. The highest BCUT2D eigenvalue weighted by atomic mass is 16.5. The minimum atomic E-state index is 0.260. The Bertz CT molecular complexity index is 202. The van der Waals surface area contributed by atoms with Crippen LogP contribution in [0, 0.1) is 0 Å². The summed E-state index contributed by atoms with van der Waals surface area (Å²) < 4.78 is 5.63. The van der Waals surface area contributed by atoms with Gasteiger partial charge in [0.15, 0.2) is 0 Å². The highest BCUT2D eigenvalue weighted by Crippen LogP contribution is 2.12. The van der Waals surface area contributed by atoms with Gasteiger partial charge >= 0.3 is 0 Å². The molecule has 0 spiro atoms.